The average molecular weight is 577 g/mol. The fourth-order valence-electron chi connectivity index (χ4n) is 3.59. The van der Waals surface area contributed by atoms with Gasteiger partial charge in [0.25, 0.3) is 0 Å². The number of methoxy groups -OCH3 is 2. The Morgan fingerprint density at radius 3 is 2.28 bits per heavy atom. The fraction of sp³-hybridized carbons (Fsp3) is 0.417. The second-order valence-corrected chi connectivity index (χ2v) is 11.2. The summed E-state index contributed by atoms with van der Waals surface area (Å²) in [6, 6.07) is 9.61. The van der Waals surface area contributed by atoms with Crippen LogP contribution in [0.2, 0.25) is 5.02 Å². The Morgan fingerprint density at radius 1 is 1.03 bits per heavy atom. The molecule has 0 aliphatic rings. The van der Waals surface area contributed by atoms with Gasteiger partial charge in [0.15, 0.2) is 15.0 Å². The molecule has 3 rings (SSSR count). The molecule has 0 bridgehead atoms. The molecule has 1 amide bonds. The lowest BCUT2D eigenvalue weighted by Gasteiger charge is -2.24. The first-order valence-corrected chi connectivity index (χ1v) is 14.1. The smallest absolute Gasteiger partial charge is 0.229 e. The van der Waals surface area contributed by atoms with Gasteiger partial charge >= 0.3 is 0 Å². The van der Waals surface area contributed by atoms with Crippen molar-refractivity contribution in [2.45, 2.75) is 25.2 Å². The highest BCUT2D eigenvalue weighted by Gasteiger charge is 2.25. The van der Waals surface area contributed by atoms with Crippen LogP contribution in [0.3, 0.4) is 0 Å². The predicted octanol–water partition coefficient (Wildman–Crippen LogP) is 4.93. The number of sulfone groups is 1. The summed E-state index contributed by atoms with van der Waals surface area (Å²) in [7, 11) is -0.586. The molecule has 2 aromatic carbocycles. The van der Waals surface area contributed by atoms with Crippen LogP contribution in [-0.2, 0) is 14.6 Å². The van der Waals surface area contributed by atoms with Crippen molar-refractivity contribution in [1.82, 2.24) is 9.88 Å². The summed E-state index contributed by atoms with van der Waals surface area (Å²) in [4.78, 5) is 21.9. The number of nitrogens with zero attached hydrogens (tertiary/aromatic N) is 3. The molecule has 0 fully saturated rings. The molecule has 0 radical (unpaired) electrons. The highest BCUT2D eigenvalue weighted by molar-refractivity contribution is 7.91. The van der Waals surface area contributed by atoms with E-state index in [0.29, 0.717) is 45.0 Å². The lowest BCUT2D eigenvalue weighted by atomic mass is 10.3. The second-order valence-electron chi connectivity index (χ2n) is 7.74. The Bertz CT molecular complexity index is 1260. The normalized spacial score (nSPS) is 11.4. The molecule has 1 aromatic heterocycles. The quantitative estimate of drug-likeness (QED) is 0.302. The number of thiazole rings is 1. The first-order chi connectivity index (χ1) is 16.7. The number of fused-ring (bicyclic) bond motifs is 1. The first kappa shape index (κ1) is 30.1. The van der Waals surface area contributed by atoms with Gasteiger partial charge in [-0.15, -0.1) is 12.4 Å². The zero-order chi connectivity index (χ0) is 25.6. The summed E-state index contributed by atoms with van der Waals surface area (Å²) in [5.41, 5.74) is 0.575. The molecular weight excluding hydrogens is 545 g/mol. The minimum absolute atomic E-state index is 0. The monoisotopic (exact) mass is 575 g/mol. The standard InChI is InChI=1S/C24H30ClN3O5S2.ClH/c1-5-27(6-2)14-15-28(24-26-22-20(33-4)12-11-19(25)23(22)34-24)21(29)13-16-35(30,31)18-9-7-17(32-3)8-10-18;/h7-12H,5-6,13-16H2,1-4H3;1H. The van der Waals surface area contributed by atoms with Crippen LogP contribution in [0.4, 0.5) is 5.13 Å². The molecule has 0 saturated heterocycles. The SMILES string of the molecule is CCN(CC)CCN(C(=O)CCS(=O)(=O)c1ccc(OC)cc1)c1nc2c(OC)ccc(Cl)c2s1.Cl. The molecule has 1 heterocycles. The van der Waals surface area contributed by atoms with Gasteiger partial charge in [0.1, 0.15) is 17.0 Å². The van der Waals surface area contributed by atoms with Gasteiger partial charge in [0.05, 0.1) is 34.6 Å². The maximum Gasteiger partial charge on any atom is 0.229 e. The lowest BCUT2D eigenvalue weighted by molar-refractivity contribution is -0.118. The van der Waals surface area contributed by atoms with Gasteiger partial charge in [0, 0.05) is 19.5 Å². The molecule has 198 valence electrons. The molecule has 3 aromatic rings. The molecule has 0 saturated carbocycles. The summed E-state index contributed by atoms with van der Waals surface area (Å²) in [6.07, 6.45) is -0.173. The van der Waals surface area contributed by atoms with Crippen molar-refractivity contribution in [2.24, 2.45) is 0 Å². The van der Waals surface area contributed by atoms with E-state index in [-0.39, 0.29) is 35.4 Å². The lowest BCUT2D eigenvalue weighted by Crippen LogP contribution is -2.39. The zero-order valence-electron chi connectivity index (χ0n) is 20.7. The Hall–Kier alpha value is -2.11. The van der Waals surface area contributed by atoms with E-state index in [2.05, 4.69) is 23.7 Å². The third kappa shape index (κ3) is 7.01. The van der Waals surface area contributed by atoms with E-state index in [4.69, 9.17) is 21.1 Å². The van der Waals surface area contributed by atoms with Crippen LogP contribution in [-0.4, -0.2) is 70.4 Å². The van der Waals surface area contributed by atoms with Crippen molar-refractivity contribution in [3.8, 4) is 11.5 Å². The Balaban J connectivity index is 0.00000456. The number of aromatic nitrogens is 1. The number of rotatable bonds is 12. The van der Waals surface area contributed by atoms with Gasteiger partial charge in [-0.2, -0.15) is 0 Å². The van der Waals surface area contributed by atoms with Crippen molar-refractivity contribution in [3.05, 3.63) is 41.4 Å². The highest BCUT2D eigenvalue weighted by Crippen LogP contribution is 2.38. The molecule has 36 heavy (non-hydrogen) atoms. The maximum atomic E-state index is 13.4. The summed E-state index contributed by atoms with van der Waals surface area (Å²) < 4.78 is 36.9. The number of likely N-dealkylation sites (N-methyl/N-ethyl adjacent to an activating group) is 1. The van der Waals surface area contributed by atoms with Crippen molar-refractivity contribution in [2.75, 3.05) is 51.1 Å². The molecule has 0 aliphatic carbocycles. The average Bonchev–Trinajstić information content (AvgIpc) is 3.31. The Kier molecular flexibility index (Phi) is 11.2. The predicted molar refractivity (Wildman–Crippen MR) is 148 cm³/mol. The fourth-order valence-corrected chi connectivity index (χ4v) is 6.12. The van der Waals surface area contributed by atoms with E-state index in [1.807, 2.05) is 0 Å². The number of carbonyl (C=O) groups excluding carboxylic acids is 1. The summed E-state index contributed by atoms with van der Waals surface area (Å²) in [5, 5.41) is 0.980. The van der Waals surface area contributed by atoms with E-state index in [9.17, 15) is 13.2 Å². The van der Waals surface area contributed by atoms with Crippen molar-refractivity contribution < 1.29 is 22.7 Å². The number of ether oxygens (including phenoxy) is 2. The van der Waals surface area contributed by atoms with E-state index in [1.165, 1.54) is 30.6 Å². The van der Waals surface area contributed by atoms with Crippen LogP contribution < -0.4 is 14.4 Å². The van der Waals surface area contributed by atoms with E-state index in [1.54, 1.807) is 36.3 Å². The van der Waals surface area contributed by atoms with E-state index in [0.717, 1.165) is 13.1 Å². The maximum absolute atomic E-state index is 13.4. The highest BCUT2D eigenvalue weighted by atomic mass is 35.5. The number of amides is 1. The molecule has 0 unspecified atom stereocenters. The summed E-state index contributed by atoms with van der Waals surface area (Å²) in [5.74, 6) is 0.496. The minimum atomic E-state index is -3.65. The van der Waals surface area contributed by atoms with Crippen LogP contribution in [0.15, 0.2) is 41.3 Å². The number of hydrogen-bond acceptors (Lipinski definition) is 8. The van der Waals surface area contributed by atoms with Crippen LogP contribution in [0, 0.1) is 0 Å². The number of benzene rings is 2. The van der Waals surface area contributed by atoms with Gasteiger partial charge in [-0.1, -0.05) is 36.8 Å². The summed E-state index contributed by atoms with van der Waals surface area (Å²) in [6.45, 7) is 6.79. The van der Waals surface area contributed by atoms with Gasteiger partial charge in [0.2, 0.25) is 5.91 Å². The molecule has 12 heteroatoms. The zero-order valence-corrected chi connectivity index (χ0v) is 23.9. The van der Waals surface area contributed by atoms with Gasteiger partial charge < -0.3 is 14.4 Å². The molecule has 0 atom stereocenters. The van der Waals surface area contributed by atoms with Gasteiger partial charge in [-0.05, 0) is 49.5 Å². The molecule has 0 spiro atoms. The van der Waals surface area contributed by atoms with E-state index < -0.39 is 9.84 Å². The van der Waals surface area contributed by atoms with Gasteiger partial charge in [-0.3, -0.25) is 9.69 Å². The molecule has 0 N–H and O–H groups in total. The summed E-state index contributed by atoms with van der Waals surface area (Å²) >= 11 is 7.67. The second kappa shape index (κ2) is 13.4. The minimum Gasteiger partial charge on any atom is -0.497 e. The van der Waals surface area contributed by atoms with E-state index >= 15 is 0 Å². The van der Waals surface area contributed by atoms with Crippen molar-refractivity contribution >= 4 is 66.4 Å². The first-order valence-electron chi connectivity index (χ1n) is 11.3. The van der Waals surface area contributed by atoms with Gasteiger partial charge in [-0.25, -0.2) is 13.4 Å². The number of hydrogen-bond donors (Lipinski definition) is 0. The number of anilines is 1. The van der Waals surface area contributed by atoms with Crippen molar-refractivity contribution in [3.63, 3.8) is 0 Å². The molecule has 8 nitrogen and oxygen atoms in total. The van der Waals surface area contributed by atoms with Crippen molar-refractivity contribution in [1.29, 1.82) is 0 Å². The number of carbonyl (C=O) groups is 1. The molecule has 0 aliphatic heterocycles. The Morgan fingerprint density at radius 2 is 1.69 bits per heavy atom. The largest absolute Gasteiger partial charge is 0.497 e. The van der Waals surface area contributed by atoms with Crippen LogP contribution in [0.25, 0.3) is 10.2 Å². The number of halogens is 2. The molecular formula is C24H31Cl2N3O5S2. The van der Waals surface area contributed by atoms with Crippen LogP contribution in [0.1, 0.15) is 20.3 Å². The van der Waals surface area contributed by atoms with Crippen LogP contribution in [0.5, 0.6) is 11.5 Å². The third-order valence-corrected chi connectivity index (χ3v) is 9.01. The third-order valence-electron chi connectivity index (χ3n) is 5.74. The topological polar surface area (TPSA) is 89.0 Å². The Labute approximate surface area is 227 Å². The van der Waals surface area contributed by atoms with Crippen LogP contribution >= 0.6 is 35.3 Å².